The maximum atomic E-state index is 9.05. The Hall–Kier alpha value is -3.43. The largest absolute Gasteiger partial charge is 0.345 e. The van der Waals surface area contributed by atoms with Gasteiger partial charge in [-0.05, 0) is 25.1 Å². The topological polar surface area (TPSA) is 109 Å². The fourth-order valence-electron chi connectivity index (χ4n) is 1.69. The molecular formula is C14H8N6. The van der Waals surface area contributed by atoms with Crippen molar-refractivity contribution in [2.24, 2.45) is 0 Å². The van der Waals surface area contributed by atoms with Gasteiger partial charge in [-0.1, -0.05) is 6.07 Å². The standard InChI is InChI=1S/C14H8N6/c1-9-5-11-12(3-2-4-13(11)20-19-9)18-14(8-17)10(6-15)7-16/h2-5,18H,1H3. The van der Waals surface area contributed by atoms with Gasteiger partial charge in [0.25, 0.3) is 0 Å². The van der Waals surface area contributed by atoms with Gasteiger partial charge in [-0.3, -0.25) is 0 Å². The van der Waals surface area contributed by atoms with E-state index in [9.17, 15) is 0 Å². The third kappa shape index (κ3) is 2.38. The fourth-order valence-corrected chi connectivity index (χ4v) is 1.69. The van der Waals surface area contributed by atoms with Crippen LogP contribution in [-0.4, -0.2) is 10.2 Å². The molecule has 0 bridgehead atoms. The molecule has 1 heterocycles. The maximum Gasteiger partial charge on any atom is 0.163 e. The van der Waals surface area contributed by atoms with Gasteiger partial charge < -0.3 is 5.32 Å². The minimum atomic E-state index is -0.261. The number of allylic oxidation sites excluding steroid dienone is 2. The Bertz CT molecular complexity index is 813. The molecule has 0 aliphatic carbocycles. The first-order chi connectivity index (χ1) is 9.69. The predicted octanol–water partition coefficient (Wildman–Crippen LogP) is 2.17. The molecule has 20 heavy (non-hydrogen) atoms. The lowest BCUT2D eigenvalue weighted by Gasteiger charge is -2.08. The number of hydrogen-bond donors (Lipinski definition) is 1. The van der Waals surface area contributed by atoms with E-state index >= 15 is 0 Å². The first-order valence-corrected chi connectivity index (χ1v) is 5.64. The summed E-state index contributed by atoms with van der Waals surface area (Å²) in [5, 5.41) is 38.3. The number of aryl methyl sites for hydroxylation is 1. The van der Waals surface area contributed by atoms with E-state index in [1.54, 1.807) is 37.3 Å². The van der Waals surface area contributed by atoms with Crippen molar-refractivity contribution in [3.63, 3.8) is 0 Å². The highest BCUT2D eigenvalue weighted by Gasteiger charge is 2.09. The summed E-state index contributed by atoms with van der Waals surface area (Å²) in [6.45, 7) is 1.81. The predicted molar refractivity (Wildman–Crippen MR) is 71.8 cm³/mol. The molecule has 1 aromatic heterocycles. The number of nitrogens with zero attached hydrogens (tertiary/aromatic N) is 5. The second kappa shape index (κ2) is 5.48. The van der Waals surface area contributed by atoms with Crippen LogP contribution < -0.4 is 5.32 Å². The third-order valence-corrected chi connectivity index (χ3v) is 2.60. The first kappa shape index (κ1) is 13.0. The fraction of sp³-hybridized carbons (Fsp3) is 0.0714. The zero-order valence-corrected chi connectivity index (χ0v) is 10.5. The number of benzene rings is 1. The number of hydrogen-bond acceptors (Lipinski definition) is 6. The average Bonchev–Trinajstić information content (AvgIpc) is 2.47. The average molecular weight is 260 g/mol. The van der Waals surface area contributed by atoms with E-state index in [-0.39, 0.29) is 11.3 Å². The summed E-state index contributed by atoms with van der Waals surface area (Å²) in [5.41, 5.74) is 1.64. The molecule has 6 nitrogen and oxygen atoms in total. The van der Waals surface area contributed by atoms with Crippen LogP contribution in [0.5, 0.6) is 0 Å². The Kier molecular flexibility index (Phi) is 3.56. The van der Waals surface area contributed by atoms with Crippen LogP contribution >= 0.6 is 0 Å². The van der Waals surface area contributed by atoms with Crippen LogP contribution in [-0.2, 0) is 0 Å². The van der Waals surface area contributed by atoms with Gasteiger partial charge >= 0.3 is 0 Å². The lowest BCUT2D eigenvalue weighted by Crippen LogP contribution is -2.02. The number of rotatable bonds is 2. The van der Waals surface area contributed by atoms with E-state index in [0.717, 1.165) is 11.1 Å². The van der Waals surface area contributed by atoms with Crippen LogP contribution in [0, 0.1) is 40.9 Å². The van der Waals surface area contributed by atoms with Gasteiger partial charge in [0.1, 0.15) is 23.9 Å². The van der Waals surface area contributed by atoms with Crippen molar-refractivity contribution in [2.45, 2.75) is 6.92 Å². The van der Waals surface area contributed by atoms with Crippen LogP contribution in [0.2, 0.25) is 0 Å². The molecule has 0 saturated carbocycles. The van der Waals surface area contributed by atoms with Gasteiger partial charge in [0.05, 0.1) is 11.2 Å². The Morgan fingerprint density at radius 1 is 1.10 bits per heavy atom. The Labute approximate surface area is 115 Å². The summed E-state index contributed by atoms with van der Waals surface area (Å²) in [6.07, 6.45) is 0. The quantitative estimate of drug-likeness (QED) is 0.828. The molecule has 94 valence electrons. The van der Waals surface area contributed by atoms with Crippen LogP contribution in [0.25, 0.3) is 10.9 Å². The van der Waals surface area contributed by atoms with Crippen LogP contribution in [0.3, 0.4) is 0 Å². The van der Waals surface area contributed by atoms with Gasteiger partial charge in [-0.2, -0.15) is 26.0 Å². The van der Waals surface area contributed by atoms with E-state index in [4.69, 9.17) is 15.8 Å². The summed E-state index contributed by atoms with van der Waals surface area (Å²) >= 11 is 0. The van der Waals surface area contributed by atoms with E-state index < -0.39 is 0 Å². The molecule has 0 saturated heterocycles. The SMILES string of the molecule is Cc1cc2c(NC(C#N)=C(C#N)C#N)cccc2nn1. The number of nitriles is 3. The van der Waals surface area contributed by atoms with Crippen molar-refractivity contribution < 1.29 is 0 Å². The molecule has 0 unspecified atom stereocenters. The monoisotopic (exact) mass is 260 g/mol. The molecule has 1 aromatic carbocycles. The summed E-state index contributed by atoms with van der Waals surface area (Å²) in [6, 6.07) is 12.3. The number of nitrogens with one attached hydrogen (secondary N) is 1. The van der Waals surface area contributed by atoms with E-state index in [1.165, 1.54) is 0 Å². The minimum absolute atomic E-state index is 0.0861. The Morgan fingerprint density at radius 3 is 2.50 bits per heavy atom. The molecule has 0 spiro atoms. The molecule has 6 heteroatoms. The molecule has 0 radical (unpaired) electrons. The molecule has 0 amide bonds. The highest BCUT2D eigenvalue weighted by molar-refractivity contribution is 5.92. The van der Waals surface area contributed by atoms with Gasteiger partial charge in [-0.25, -0.2) is 0 Å². The van der Waals surface area contributed by atoms with Gasteiger partial charge in [0.2, 0.25) is 0 Å². The smallest absolute Gasteiger partial charge is 0.163 e. The van der Waals surface area contributed by atoms with Gasteiger partial charge in [0, 0.05) is 11.1 Å². The van der Waals surface area contributed by atoms with E-state index in [0.29, 0.717) is 11.2 Å². The molecule has 0 atom stereocenters. The molecule has 0 aliphatic rings. The number of anilines is 1. The molecular weight excluding hydrogens is 252 g/mol. The van der Waals surface area contributed by atoms with E-state index in [2.05, 4.69) is 15.5 Å². The Balaban J connectivity index is 2.59. The zero-order valence-electron chi connectivity index (χ0n) is 10.5. The Morgan fingerprint density at radius 2 is 1.85 bits per heavy atom. The summed E-state index contributed by atoms with van der Waals surface area (Å²) < 4.78 is 0. The van der Waals surface area contributed by atoms with Crippen LogP contribution in [0.1, 0.15) is 5.69 Å². The second-order valence-corrected chi connectivity index (χ2v) is 3.93. The van der Waals surface area contributed by atoms with Crippen LogP contribution in [0.4, 0.5) is 5.69 Å². The van der Waals surface area contributed by atoms with Crippen molar-refractivity contribution in [2.75, 3.05) is 5.32 Å². The summed E-state index contributed by atoms with van der Waals surface area (Å²) in [4.78, 5) is 0. The minimum Gasteiger partial charge on any atom is -0.345 e. The molecule has 2 rings (SSSR count). The molecule has 2 aromatic rings. The van der Waals surface area contributed by atoms with E-state index in [1.807, 2.05) is 12.1 Å². The van der Waals surface area contributed by atoms with Crippen molar-refractivity contribution in [3.8, 4) is 18.2 Å². The van der Waals surface area contributed by atoms with Crippen molar-refractivity contribution in [3.05, 3.63) is 41.2 Å². The summed E-state index contributed by atoms with van der Waals surface area (Å²) in [7, 11) is 0. The van der Waals surface area contributed by atoms with Gasteiger partial charge in [-0.15, -0.1) is 0 Å². The second-order valence-electron chi connectivity index (χ2n) is 3.93. The molecule has 1 N–H and O–H groups in total. The number of fused-ring (bicyclic) bond motifs is 1. The summed E-state index contributed by atoms with van der Waals surface area (Å²) in [5.74, 6) is 0. The van der Waals surface area contributed by atoms with Crippen LogP contribution in [0.15, 0.2) is 35.5 Å². The van der Waals surface area contributed by atoms with Crippen molar-refractivity contribution >= 4 is 16.6 Å². The van der Waals surface area contributed by atoms with Gasteiger partial charge in [0.15, 0.2) is 5.57 Å². The molecule has 0 fully saturated rings. The molecule has 0 aliphatic heterocycles. The zero-order chi connectivity index (χ0) is 14.5. The lowest BCUT2D eigenvalue weighted by atomic mass is 10.1. The first-order valence-electron chi connectivity index (χ1n) is 5.64. The third-order valence-electron chi connectivity index (χ3n) is 2.60. The highest BCUT2D eigenvalue weighted by atomic mass is 15.1. The maximum absolute atomic E-state index is 9.05. The lowest BCUT2D eigenvalue weighted by molar-refractivity contribution is 1.02. The van der Waals surface area contributed by atoms with Crippen molar-refractivity contribution in [1.82, 2.24) is 10.2 Å². The highest BCUT2D eigenvalue weighted by Crippen LogP contribution is 2.23. The normalized spacial score (nSPS) is 9.10. The number of aromatic nitrogens is 2. The van der Waals surface area contributed by atoms with Crippen molar-refractivity contribution in [1.29, 1.82) is 15.8 Å².